The van der Waals surface area contributed by atoms with Gasteiger partial charge >= 0.3 is 0 Å². The topological polar surface area (TPSA) is 26.3 Å². The normalized spacial score (nSPS) is 13.6. The molecule has 2 aromatic rings. The van der Waals surface area contributed by atoms with Crippen LogP contribution in [0.5, 0.6) is 0 Å². The number of furan rings is 2. The van der Waals surface area contributed by atoms with E-state index in [0.717, 1.165) is 56.5 Å². The Morgan fingerprint density at radius 3 is 0.669 bits per heavy atom. The molecule has 0 radical (unpaired) electrons. The third-order valence-electron chi connectivity index (χ3n) is 27.5. The van der Waals surface area contributed by atoms with E-state index in [-0.39, 0.29) is 0 Å². The van der Waals surface area contributed by atoms with Gasteiger partial charge in [-0.05, 0) is 252 Å². The number of hydrogen-bond donors (Lipinski definition) is 0. The van der Waals surface area contributed by atoms with Gasteiger partial charge in [-0.25, -0.2) is 0 Å². The van der Waals surface area contributed by atoms with Gasteiger partial charge in [-0.2, -0.15) is 0 Å². The molecular weight excluding hydrogens is 1710 g/mol. The van der Waals surface area contributed by atoms with E-state index in [0.29, 0.717) is 0 Å². The molecule has 2 nitrogen and oxygen atoms in total. The maximum Gasteiger partial charge on any atom is 0.103 e. The van der Waals surface area contributed by atoms with Gasteiger partial charge in [0.25, 0.3) is 0 Å². The first kappa shape index (κ1) is 133. The molecule has 5 aliphatic rings. The highest BCUT2D eigenvalue weighted by Crippen LogP contribution is 2.24. The van der Waals surface area contributed by atoms with E-state index in [9.17, 15) is 0 Å². The molecule has 0 N–H and O–H groups in total. The van der Waals surface area contributed by atoms with Crippen LogP contribution in [0.2, 0.25) is 0 Å². The van der Waals surface area contributed by atoms with Crippen molar-refractivity contribution in [3.63, 3.8) is 0 Å². The molecule has 0 saturated heterocycles. The summed E-state index contributed by atoms with van der Waals surface area (Å²) in [5.41, 5.74) is 7.48. The fraction of sp³-hybridized carbons (Fsp3) is 0.643. The molecule has 0 fully saturated rings. The number of allylic oxidation sites excluding steroid dienone is 41. The van der Waals surface area contributed by atoms with E-state index >= 15 is 0 Å². The summed E-state index contributed by atoms with van der Waals surface area (Å²) in [6, 6.07) is 8.09. The lowest BCUT2D eigenvalue weighted by Crippen LogP contribution is -1.84. The highest BCUT2D eigenvalue weighted by atomic mass is 16.3. The highest BCUT2D eigenvalue weighted by Gasteiger charge is 2.05. The Labute approximate surface area is 885 Å². The lowest BCUT2D eigenvalue weighted by Gasteiger charge is -2.03. The summed E-state index contributed by atoms with van der Waals surface area (Å²) in [7, 11) is 0. The monoisotopic (exact) mass is 1940 g/mol. The second kappa shape index (κ2) is 118. The molecule has 142 heavy (non-hydrogen) atoms. The van der Waals surface area contributed by atoms with Gasteiger partial charge in [-0.15, -0.1) is 6.58 Å². The van der Waals surface area contributed by atoms with Crippen molar-refractivity contribution in [3.05, 3.63) is 301 Å². The lowest BCUT2D eigenvalue weighted by molar-refractivity contribution is 0.491. The minimum atomic E-state index is 1.09. The molecule has 0 aromatic carbocycles. The maximum absolute atomic E-state index is 5.34. The zero-order chi connectivity index (χ0) is 102. The van der Waals surface area contributed by atoms with Crippen molar-refractivity contribution in [1.82, 2.24) is 0 Å². The number of hydrogen-bond acceptors (Lipinski definition) is 2. The van der Waals surface area contributed by atoms with Crippen molar-refractivity contribution in [3.8, 4) is 0 Å². The fourth-order valence-corrected chi connectivity index (χ4v) is 18.2. The van der Waals surface area contributed by atoms with Crippen molar-refractivity contribution in [2.75, 3.05) is 0 Å². The number of aryl methyl sites for hydroxylation is 2. The van der Waals surface area contributed by atoms with E-state index in [1.54, 1.807) is 18.1 Å². The third-order valence-corrected chi connectivity index (χ3v) is 27.5. The van der Waals surface area contributed by atoms with E-state index in [1.807, 2.05) is 18.2 Å². The van der Waals surface area contributed by atoms with Gasteiger partial charge in [0.2, 0.25) is 0 Å². The molecule has 2 heteroatoms. The molecule has 2 aromatic heterocycles. The van der Waals surface area contributed by atoms with Gasteiger partial charge in [0.1, 0.15) is 11.5 Å². The average Bonchev–Trinajstić information content (AvgIpc) is 1.89. The van der Waals surface area contributed by atoms with Gasteiger partial charge in [-0.3, -0.25) is 0 Å². The third kappa shape index (κ3) is 104. The van der Waals surface area contributed by atoms with Crippen molar-refractivity contribution in [2.24, 2.45) is 0 Å². The summed E-state index contributed by atoms with van der Waals surface area (Å²) in [5.74, 6) is 2.26. The van der Waals surface area contributed by atoms with Crippen LogP contribution >= 0.6 is 0 Å². The molecule has 0 atom stereocenters. The van der Waals surface area contributed by atoms with E-state index in [2.05, 4.69) is 273 Å². The van der Waals surface area contributed by atoms with E-state index in [4.69, 9.17) is 8.83 Å². The summed E-state index contributed by atoms with van der Waals surface area (Å²) >= 11 is 0. The van der Waals surface area contributed by atoms with Gasteiger partial charge in [0.15, 0.2) is 0 Å². The average molecular weight is 1950 g/mol. The first-order valence-electron chi connectivity index (χ1n) is 61.5. The number of unbranched alkanes of at least 4 members (excludes halogenated alkanes) is 65. The van der Waals surface area contributed by atoms with Crippen LogP contribution in [-0.2, 0) is 12.8 Å². The maximum atomic E-state index is 5.34. The smallest absolute Gasteiger partial charge is 0.103 e. The summed E-state index contributed by atoms with van der Waals surface area (Å²) in [5, 5.41) is 0. The fourth-order valence-electron chi connectivity index (χ4n) is 18.2. The van der Waals surface area contributed by atoms with Crippen LogP contribution in [0.4, 0.5) is 0 Å². The standard InChI is InChI=1S/C22H34.2C21H34O.C20H36.C20H34.C18H30.C18H28/c1-2-3-4-5-6-7-8-9-10-11-12-13-14-15-16-19-22-20-17-18-21-22;2*1-2-3-4-5-6-7-8-9-10-11-12-13-14-15-16-18-21-19-17-20-22-21;2*1-2-3-4-5-6-7-8-9-10-11-12-13-14-17-20-18-15-16-19-20;2*1-2-3-4-5-6-7-8-9-10-11-12-15-18-16-13-14-17-18/h6-7,9-10,16-20H,2-5,8,11-15,21H2,1H3;7-10,17,19-20H,2-6,11-16,18H2,1H3;6-9,17,19-20H,2-5,10-16,18H2,1H3;15-16,18H,2-14,17,19H2,1H3;14-18H,2-13,19H2,1H3;12-16H,2-11,17H2,1H3;2,12-16H,1,3-11,17H2/b7-6-,10-9-,19-16+;8-7+,10-9-;7-6-,9-8+;;17-14+;2*15-12+. The minimum absolute atomic E-state index is 1.09. The first-order valence-corrected chi connectivity index (χ1v) is 61.5. The van der Waals surface area contributed by atoms with Gasteiger partial charge in [-0.1, -0.05) is 587 Å². The lowest BCUT2D eigenvalue weighted by atomic mass is 10.0. The van der Waals surface area contributed by atoms with Crippen LogP contribution in [0.25, 0.3) is 0 Å². The molecule has 2 heterocycles. The summed E-state index contributed by atoms with van der Waals surface area (Å²) in [6.07, 6.45) is 198. The molecule has 0 aliphatic heterocycles. The van der Waals surface area contributed by atoms with Crippen LogP contribution in [-0.4, -0.2) is 0 Å². The predicted molar refractivity (Wildman–Crippen MR) is 645 cm³/mol. The van der Waals surface area contributed by atoms with Crippen LogP contribution in [0.1, 0.15) is 580 Å². The second-order valence-corrected chi connectivity index (χ2v) is 41.3. The van der Waals surface area contributed by atoms with Crippen LogP contribution in [0.15, 0.2) is 299 Å². The second-order valence-electron chi connectivity index (χ2n) is 41.3. The van der Waals surface area contributed by atoms with Gasteiger partial charge in [0, 0.05) is 12.8 Å². The number of rotatable bonds is 90. The van der Waals surface area contributed by atoms with E-state index in [1.165, 1.54) is 517 Å². The molecule has 0 amide bonds. The highest BCUT2D eigenvalue weighted by molar-refractivity contribution is 5.34. The van der Waals surface area contributed by atoms with Crippen molar-refractivity contribution < 1.29 is 8.83 Å². The summed E-state index contributed by atoms with van der Waals surface area (Å²) in [4.78, 5) is 0. The van der Waals surface area contributed by atoms with E-state index < -0.39 is 0 Å². The first-order chi connectivity index (χ1) is 70.5. The summed E-state index contributed by atoms with van der Waals surface area (Å²) in [6.45, 7) is 17.4. The Morgan fingerprint density at radius 2 is 0.423 bits per heavy atom. The van der Waals surface area contributed by atoms with Crippen molar-refractivity contribution >= 4 is 0 Å². The van der Waals surface area contributed by atoms with Crippen molar-refractivity contribution in [2.45, 2.75) is 581 Å². The SMILES string of the molecule is C=CCCCCCCCCC/C=C/C1=CC=CC1.CCCCC/C=C\C/C=C\CCCCC/C=C/C1=CC=CC1.CCCCC/C=C\C=C\CCCCCCCCc1ccco1.CCCCCC/C=C/C=C\CCCCCCCc1ccco1.CCCCCCCCCCC/C=C/C1=CC=CC1.CCCCCCCCCCCCC/C=C/C1=CC=CC1.CCCCCCCCCCCCCCCC1=CC=CC1. The molecule has 0 bridgehead atoms. The van der Waals surface area contributed by atoms with Gasteiger partial charge < -0.3 is 8.83 Å². The van der Waals surface area contributed by atoms with Gasteiger partial charge in [0.05, 0.1) is 12.5 Å². The zero-order valence-corrected chi connectivity index (χ0v) is 94.7. The Bertz CT molecular complexity index is 3560. The van der Waals surface area contributed by atoms with Crippen LogP contribution < -0.4 is 0 Å². The van der Waals surface area contributed by atoms with Crippen LogP contribution in [0, 0.1) is 0 Å². The Morgan fingerprint density at radius 1 is 0.211 bits per heavy atom. The predicted octanol–water partition coefficient (Wildman–Crippen LogP) is 48.9. The molecule has 0 unspecified atom stereocenters. The molecule has 0 saturated carbocycles. The Hall–Kier alpha value is -6.90. The molecule has 0 spiro atoms. The quantitative estimate of drug-likeness (QED) is 0.0375. The Kier molecular flexibility index (Phi) is 110. The van der Waals surface area contributed by atoms with Crippen LogP contribution in [0.3, 0.4) is 0 Å². The molecular formula is C140H230O2. The molecule has 802 valence electrons. The largest absolute Gasteiger partial charge is 0.469 e. The Balaban J connectivity index is 0.000000829. The molecule has 5 aliphatic carbocycles. The minimum Gasteiger partial charge on any atom is -0.469 e. The molecule has 7 rings (SSSR count). The summed E-state index contributed by atoms with van der Waals surface area (Å²) < 4.78 is 10.7. The zero-order valence-electron chi connectivity index (χ0n) is 94.7. The van der Waals surface area contributed by atoms with Crippen molar-refractivity contribution in [1.29, 1.82) is 0 Å².